The van der Waals surface area contributed by atoms with Crippen LogP contribution in [0.5, 0.6) is 5.75 Å². The van der Waals surface area contributed by atoms with E-state index < -0.39 is 0 Å². The van der Waals surface area contributed by atoms with Crippen molar-refractivity contribution in [1.82, 2.24) is 10.2 Å². The normalized spacial score (nSPS) is 10.6. The van der Waals surface area contributed by atoms with E-state index in [1.807, 2.05) is 0 Å². The molecular weight excluding hydrogens is 361 g/mol. The Morgan fingerprint density at radius 3 is 2.69 bits per heavy atom. The van der Waals surface area contributed by atoms with E-state index in [1.54, 1.807) is 30.3 Å². The molecule has 0 radical (unpaired) electrons. The number of aryl methyl sites for hydroxylation is 1. The van der Waals surface area contributed by atoms with Crippen LogP contribution < -0.4 is 10.1 Å². The van der Waals surface area contributed by atoms with Crippen molar-refractivity contribution in [3.63, 3.8) is 0 Å². The maximum Gasteiger partial charge on any atom is 0.247 e. The van der Waals surface area contributed by atoms with Gasteiger partial charge in [-0.05, 0) is 42.5 Å². The average molecular weight is 376 g/mol. The second kappa shape index (κ2) is 7.97. The van der Waals surface area contributed by atoms with Crippen LogP contribution in [0, 0.1) is 5.82 Å². The molecule has 0 aliphatic rings. The number of anilines is 1. The van der Waals surface area contributed by atoms with E-state index in [9.17, 15) is 9.18 Å². The van der Waals surface area contributed by atoms with Gasteiger partial charge in [0.2, 0.25) is 17.7 Å². The Morgan fingerprint density at radius 2 is 2.00 bits per heavy atom. The van der Waals surface area contributed by atoms with Gasteiger partial charge in [0.1, 0.15) is 11.6 Å². The number of carbonyl (C=O) groups excluding carboxylic acids is 1. The predicted molar refractivity (Wildman–Crippen MR) is 94.6 cm³/mol. The highest BCUT2D eigenvalue weighted by Gasteiger charge is 2.11. The van der Waals surface area contributed by atoms with Crippen LogP contribution in [-0.2, 0) is 11.2 Å². The van der Waals surface area contributed by atoms with Gasteiger partial charge in [0, 0.05) is 24.1 Å². The summed E-state index contributed by atoms with van der Waals surface area (Å²) in [4.78, 5) is 12.0. The molecule has 3 aromatic rings. The summed E-state index contributed by atoms with van der Waals surface area (Å²) in [6.07, 6.45) is 0.443. The molecule has 2 aromatic carbocycles. The van der Waals surface area contributed by atoms with Crippen molar-refractivity contribution in [2.45, 2.75) is 12.8 Å². The summed E-state index contributed by atoms with van der Waals surface area (Å²) in [6, 6.07) is 10.7. The third-order valence-corrected chi connectivity index (χ3v) is 3.85. The van der Waals surface area contributed by atoms with Crippen LogP contribution in [0.4, 0.5) is 10.1 Å². The second-order valence-electron chi connectivity index (χ2n) is 5.41. The molecule has 0 fully saturated rings. The van der Waals surface area contributed by atoms with Crippen LogP contribution in [0.15, 0.2) is 46.9 Å². The molecule has 1 amide bonds. The number of nitrogens with one attached hydrogen (secondary N) is 1. The molecule has 3 rings (SSSR count). The number of nitrogens with zero attached hydrogens (tertiary/aromatic N) is 2. The highest BCUT2D eigenvalue weighted by atomic mass is 35.5. The number of halogens is 2. The fourth-order valence-corrected chi connectivity index (χ4v) is 2.51. The third-order valence-electron chi connectivity index (χ3n) is 3.56. The molecule has 6 nitrogen and oxygen atoms in total. The van der Waals surface area contributed by atoms with Crippen molar-refractivity contribution < 1.29 is 18.3 Å². The van der Waals surface area contributed by atoms with Crippen molar-refractivity contribution in [2.75, 3.05) is 12.4 Å². The van der Waals surface area contributed by atoms with Crippen LogP contribution in [-0.4, -0.2) is 23.2 Å². The molecule has 8 heteroatoms. The molecule has 0 bridgehead atoms. The summed E-state index contributed by atoms with van der Waals surface area (Å²) in [6.45, 7) is 0. The fourth-order valence-electron chi connectivity index (χ4n) is 2.25. The minimum atomic E-state index is -0.344. The van der Waals surface area contributed by atoms with Crippen molar-refractivity contribution in [2.24, 2.45) is 0 Å². The zero-order valence-electron chi connectivity index (χ0n) is 13.8. The van der Waals surface area contributed by atoms with Gasteiger partial charge in [-0.3, -0.25) is 4.79 Å². The van der Waals surface area contributed by atoms with Gasteiger partial charge in [0.05, 0.1) is 12.1 Å². The van der Waals surface area contributed by atoms with Crippen LogP contribution in [0.25, 0.3) is 11.5 Å². The summed E-state index contributed by atoms with van der Waals surface area (Å²) < 4.78 is 23.5. The first-order valence-electron chi connectivity index (χ1n) is 7.77. The minimum absolute atomic E-state index is 0.161. The lowest BCUT2D eigenvalue weighted by Gasteiger charge is -2.07. The van der Waals surface area contributed by atoms with Gasteiger partial charge in [-0.2, -0.15) is 0 Å². The van der Waals surface area contributed by atoms with Gasteiger partial charge in [-0.1, -0.05) is 11.6 Å². The Labute approximate surface area is 154 Å². The minimum Gasteiger partial charge on any atom is -0.495 e. The molecule has 134 valence electrons. The molecule has 0 saturated heterocycles. The summed E-state index contributed by atoms with van der Waals surface area (Å²) in [7, 11) is 1.52. The number of methoxy groups -OCH3 is 1. The van der Waals surface area contributed by atoms with Crippen LogP contribution in [0.1, 0.15) is 12.3 Å². The lowest BCUT2D eigenvalue weighted by molar-refractivity contribution is -0.116. The van der Waals surface area contributed by atoms with Crippen LogP contribution in [0.2, 0.25) is 5.02 Å². The van der Waals surface area contributed by atoms with Gasteiger partial charge in [-0.15, -0.1) is 10.2 Å². The van der Waals surface area contributed by atoms with Crippen molar-refractivity contribution in [1.29, 1.82) is 0 Å². The number of amides is 1. The molecule has 0 aliphatic carbocycles. The van der Waals surface area contributed by atoms with Crippen molar-refractivity contribution in [3.05, 3.63) is 59.2 Å². The standard InChI is InChI=1S/C18H15ClFN3O3/c1-25-15-7-6-13(10-14(15)19)21-16(24)8-9-17-22-23-18(26-17)11-2-4-12(20)5-3-11/h2-7,10H,8-9H2,1H3,(H,21,24). The molecule has 1 N–H and O–H groups in total. The van der Waals surface area contributed by atoms with E-state index >= 15 is 0 Å². The fraction of sp³-hybridized carbons (Fsp3) is 0.167. The quantitative estimate of drug-likeness (QED) is 0.701. The van der Waals surface area contributed by atoms with Gasteiger partial charge in [-0.25, -0.2) is 4.39 Å². The number of carbonyl (C=O) groups is 1. The zero-order valence-corrected chi connectivity index (χ0v) is 14.6. The van der Waals surface area contributed by atoms with Crippen LogP contribution >= 0.6 is 11.6 Å². The van der Waals surface area contributed by atoms with Gasteiger partial charge in [0.25, 0.3) is 0 Å². The highest BCUT2D eigenvalue weighted by Crippen LogP contribution is 2.27. The Balaban J connectivity index is 1.56. The van der Waals surface area contributed by atoms with E-state index in [0.29, 0.717) is 27.9 Å². The summed E-state index contributed by atoms with van der Waals surface area (Å²) in [5, 5.41) is 11.0. The summed E-state index contributed by atoms with van der Waals surface area (Å²) in [5.41, 5.74) is 1.18. The molecule has 0 atom stereocenters. The number of ether oxygens (including phenoxy) is 1. The topological polar surface area (TPSA) is 77.2 Å². The summed E-state index contributed by atoms with van der Waals surface area (Å²) in [5.74, 6) is 0.579. The Hall–Kier alpha value is -2.93. The van der Waals surface area contributed by atoms with E-state index in [1.165, 1.54) is 19.2 Å². The molecule has 1 aromatic heterocycles. The molecule has 1 heterocycles. The maximum atomic E-state index is 12.9. The maximum absolute atomic E-state index is 12.9. The van der Waals surface area contributed by atoms with Crippen molar-refractivity contribution >= 4 is 23.2 Å². The van der Waals surface area contributed by atoms with E-state index in [4.69, 9.17) is 20.8 Å². The SMILES string of the molecule is COc1ccc(NC(=O)CCc2nnc(-c3ccc(F)cc3)o2)cc1Cl. The second-order valence-corrected chi connectivity index (χ2v) is 5.81. The number of hydrogen-bond donors (Lipinski definition) is 1. The highest BCUT2D eigenvalue weighted by molar-refractivity contribution is 6.32. The monoisotopic (exact) mass is 375 g/mol. The third kappa shape index (κ3) is 4.37. The Kier molecular flexibility index (Phi) is 5.48. The lowest BCUT2D eigenvalue weighted by Crippen LogP contribution is -2.12. The first-order chi connectivity index (χ1) is 12.5. The first kappa shape index (κ1) is 17.9. The number of rotatable bonds is 6. The molecule has 0 spiro atoms. The van der Waals surface area contributed by atoms with Crippen LogP contribution in [0.3, 0.4) is 0 Å². The van der Waals surface area contributed by atoms with Gasteiger partial charge in [0.15, 0.2) is 0 Å². The largest absolute Gasteiger partial charge is 0.495 e. The van der Waals surface area contributed by atoms with Crippen molar-refractivity contribution in [3.8, 4) is 17.2 Å². The van der Waals surface area contributed by atoms with E-state index in [0.717, 1.165) is 0 Å². The molecule has 0 unspecified atom stereocenters. The Bertz CT molecular complexity index is 912. The van der Waals surface area contributed by atoms with Gasteiger partial charge < -0.3 is 14.5 Å². The first-order valence-corrected chi connectivity index (χ1v) is 8.14. The average Bonchev–Trinajstić information content (AvgIpc) is 3.10. The molecule has 26 heavy (non-hydrogen) atoms. The van der Waals surface area contributed by atoms with E-state index in [2.05, 4.69) is 15.5 Å². The predicted octanol–water partition coefficient (Wildman–Crippen LogP) is 4.11. The zero-order chi connectivity index (χ0) is 18.5. The number of benzene rings is 2. The Morgan fingerprint density at radius 1 is 1.23 bits per heavy atom. The number of hydrogen-bond acceptors (Lipinski definition) is 5. The van der Waals surface area contributed by atoms with E-state index in [-0.39, 0.29) is 30.5 Å². The smallest absolute Gasteiger partial charge is 0.247 e. The lowest BCUT2D eigenvalue weighted by atomic mass is 10.2. The number of aromatic nitrogens is 2. The summed E-state index contributed by atoms with van der Waals surface area (Å²) >= 11 is 6.02. The molecular formula is C18H15ClFN3O3. The molecule has 0 aliphatic heterocycles. The van der Waals surface area contributed by atoms with Gasteiger partial charge >= 0.3 is 0 Å². The molecule has 0 saturated carbocycles.